The van der Waals surface area contributed by atoms with E-state index in [0.717, 1.165) is 15.6 Å². The van der Waals surface area contributed by atoms with Crippen LogP contribution in [0.2, 0.25) is 5.02 Å². The number of fused-ring (bicyclic) bond motifs is 1. The Bertz CT molecular complexity index is 1900. The number of nitrogens with one attached hydrogen (secondary N) is 2. The summed E-state index contributed by atoms with van der Waals surface area (Å²) in [6.07, 6.45) is 1.44. The molecule has 4 aromatic carbocycles. The highest BCUT2D eigenvalue weighted by Crippen LogP contribution is 2.36. The average molecular weight is 642 g/mol. The van der Waals surface area contributed by atoms with Crippen LogP contribution in [-0.4, -0.2) is 37.7 Å². The van der Waals surface area contributed by atoms with Crippen molar-refractivity contribution in [3.63, 3.8) is 0 Å². The van der Waals surface area contributed by atoms with Gasteiger partial charge in [0.15, 0.2) is 11.5 Å². The molecule has 5 rings (SSSR count). The summed E-state index contributed by atoms with van der Waals surface area (Å²) in [7, 11) is 1.55. The predicted octanol–water partition coefficient (Wildman–Crippen LogP) is 7.51. The average Bonchev–Trinajstić information content (AvgIpc) is 3.37. The van der Waals surface area contributed by atoms with Crippen LogP contribution in [0.15, 0.2) is 90.0 Å². The molecule has 2 N–H and O–H groups in total. The maximum Gasteiger partial charge on any atom is 0.343 e. The molecule has 0 aliphatic heterocycles. The second-order valence-corrected chi connectivity index (χ2v) is 11.2. The Morgan fingerprint density at radius 1 is 0.889 bits per heavy atom. The Morgan fingerprint density at radius 3 is 2.33 bits per heavy atom. The van der Waals surface area contributed by atoms with Crippen molar-refractivity contribution in [2.45, 2.75) is 13.8 Å². The fourth-order valence-electron chi connectivity index (χ4n) is 4.28. The molecule has 9 nitrogen and oxygen atoms in total. The molecule has 0 bridgehead atoms. The van der Waals surface area contributed by atoms with Crippen molar-refractivity contribution in [1.29, 1.82) is 0 Å². The normalized spacial score (nSPS) is 10.9. The summed E-state index contributed by atoms with van der Waals surface area (Å²) in [4.78, 5) is 38.6. The Hall–Kier alpha value is -5.19. The molecule has 5 aromatic rings. The highest BCUT2D eigenvalue weighted by Gasteiger charge is 2.18. The highest BCUT2D eigenvalue weighted by molar-refractivity contribution is 7.21. The summed E-state index contributed by atoms with van der Waals surface area (Å²) < 4.78 is 17.3. The van der Waals surface area contributed by atoms with Crippen molar-refractivity contribution in [2.75, 3.05) is 19.0 Å². The topological polar surface area (TPSA) is 115 Å². The number of nitrogens with zero attached hydrogens (tertiary/aromatic N) is 1. The minimum atomic E-state index is -0.545. The largest absolute Gasteiger partial charge is 0.497 e. The van der Waals surface area contributed by atoms with Gasteiger partial charge in [-0.1, -0.05) is 23.7 Å². The number of hydrogen-bond acceptors (Lipinski definition) is 8. The molecular formula is C34H28ClN3O6S. The second-order valence-electron chi connectivity index (χ2n) is 9.73. The van der Waals surface area contributed by atoms with E-state index in [0.29, 0.717) is 50.4 Å². The summed E-state index contributed by atoms with van der Waals surface area (Å²) in [5.41, 5.74) is 5.39. The van der Waals surface area contributed by atoms with Gasteiger partial charge in [0.2, 0.25) is 0 Å². The van der Waals surface area contributed by atoms with Crippen molar-refractivity contribution in [1.82, 2.24) is 5.43 Å². The molecule has 0 radical (unpaired) electrons. The lowest BCUT2D eigenvalue weighted by Gasteiger charge is -2.11. The first-order valence-electron chi connectivity index (χ1n) is 13.8. The quantitative estimate of drug-likeness (QED) is 0.0706. The van der Waals surface area contributed by atoms with Gasteiger partial charge in [0.25, 0.3) is 11.8 Å². The van der Waals surface area contributed by atoms with Crippen LogP contribution in [-0.2, 0) is 0 Å². The van der Waals surface area contributed by atoms with E-state index in [9.17, 15) is 14.4 Å². The molecule has 1 heterocycles. The van der Waals surface area contributed by atoms with Gasteiger partial charge in [-0.05, 0) is 97.8 Å². The van der Waals surface area contributed by atoms with Gasteiger partial charge in [-0.15, -0.1) is 11.3 Å². The third-order valence-electron chi connectivity index (χ3n) is 6.57. The van der Waals surface area contributed by atoms with Crippen LogP contribution in [0.1, 0.15) is 48.4 Å². The maximum absolute atomic E-state index is 12.9. The first kappa shape index (κ1) is 31.2. The van der Waals surface area contributed by atoms with Crippen molar-refractivity contribution in [3.05, 3.63) is 117 Å². The van der Waals surface area contributed by atoms with Gasteiger partial charge in [-0.3, -0.25) is 9.59 Å². The van der Waals surface area contributed by atoms with Crippen molar-refractivity contribution < 1.29 is 28.6 Å². The number of thiophene rings is 1. The summed E-state index contributed by atoms with van der Waals surface area (Å²) >= 11 is 7.80. The first-order valence-corrected chi connectivity index (χ1v) is 15.0. The van der Waals surface area contributed by atoms with Crippen LogP contribution in [0.3, 0.4) is 0 Å². The van der Waals surface area contributed by atoms with E-state index in [1.807, 2.05) is 32.0 Å². The molecule has 0 aliphatic rings. The smallest absolute Gasteiger partial charge is 0.343 e. The van der Waals surface area contributed by atoms with Gasteiger partial charge < -0.3 is 19.5 Å². The lowest BCUT2D eigenvalue weighted by Crippen LogP contribution is -2.17. The fraction of sp³-hybridized carbons (Fsp3) is 0.118. The molecule has 45 heavy (non-hydrogen) atoms. The highest BCUT2D eigenvalue weighted by atomic mass is 35.5. The third-order valence-corrected chi connectivity index (χ3v) is 8.23. The number of rotatable bonds is 10. The Kier molecular flexibility index (Phi) is 9.76. The third kappa shape index (κ3) is 7.49. The van der Waals surface area contributed by atoms with Crippen LogP contribution in [0, 0.1) is 6.92 Å². The molecule has 2 amide bonds. The van der Waals surface area contributed by atoms with E-state index in [4.69, 9.17) is 25.8 Å². The number of hydrazone groups is 1. The van der Waals surface area contributed by atoms with E-state index < -0.39 is 11.9 Å². The number of ether oxygens (including phenoxy) is 3. The minimum Gasteiger partial charge on any atom is -0.497 e. The summed E-state index contributed by atoms with van der Waals surface area (Å²) in [6.45, 7) is 4.14. The molecule has 0 spiro atoms. The molecule has 0 atom stereocenters. The van der Waals surface area contributed by atoms with Gasteiger partial charge in [-0.2, -0.15) is 5.10 Å². The number of carbonyl (C=O) groups excluding carboxylic acids is 3. The molecule has 0 saturated carbocycles. The molecule has 0 aliphatic carbocycles. The molecule has 11 heteroatoms. The predicted molar refractivity (Wildman–Crippen MR) is 177 cm³/mol. The zero-order valence-electron chi connectivity index (χ0n) is 24.6. The number of halogens is 1. The number of benzene rings is 4. The number of anilines is 1. The zero-order chi connectivity index (χ0) is 31.9. The fourth-order valence-corrected chi connectivity index (χ4v) is 5.80. The maximum atomic E-state index is 12.9. The molecule has 0 saturated heterocycles. The Morgan fingerprint density at radius 2 is 1.62 bits per heavy atom. The summed E-state index contributed by atoms with van der Waals surface area (Å²) in [5, 5.41) is 8.12. The van der Waals surface area contributed by atoms with Crippen molar-refractivity contribution in [3.8, 4) is 17.2 Å². The van der Waals surface area contributed by atoms with Gasteiger partial charge in [-0.25, -0.2) is 10.2 Å². The van der Waals surface area contributed by atoms with Crippen LogP contribution in [0.25, 0.3) is 10.1 Å². The second kappa shape index (κ2) is 14.1. The molecule has 228 valence electrons. The van der Waals surface area contributed by atoms with E-state index >= 15 is 0 Å². The summed E-state index contributed by atoms with van der Waals surface area (Å²) in [5.74, 6) is -0.0926. The van der Waals surface area contributed by atoms with Crippen LogP contribution >= 0.6 is 22.9 Å². The van der Waals surface area contributed by atoms with E-state index in [-0.39, 0.29) is 11.7 Å². The number of carbonyl (C=O) groups is 3. The minimum absolute atomic E-state index is 0.246. The first-order chi connectivity index (χ1) is 21.7. The lowest BCUT2D eigenvalue weighted by atomic mass is 10.2. The SMILES string of the molecule is CCOc1cc(/C=N\NC(=O)c2ccc(NC(=O)c3sc4cc(C)ccc4c3Cl)cc2)ccc1OC(=O)c1ccc(OC)cc1. The lowest BCUT2D eigenvalue weighted by molar-refractivity contribution is 0.0728. The monoisotopic (exact) mass is 641 g/mol. The Labute approximate surface area is 268 Å². The molecule has 0 fully saturated rings. The van der Waals surface area contributed by atoms with Gasteiger partial charge in [0, 0.05) is 21.3 Å². The Balaban J connectivity index is 1.19. The van der Waals surface area contributed by atoms with Gasteiger partial charge in [0.05, 0.1) is 30.5 Å². The summed E-state index contributed by atoms with van der Waals surface area (Å²) in [6, 6.07) is 23.7. The molecule has 0 unspecified atom stereocenters. The van der Waals surface area contributed by atoms with Crippen LogP contribution in [0.5, 0.6) is 17.2 Å². The number of amides is 2. The number of methoxy groups -OCH3 is 1. The van der Waals surface area contributed by atoms with Gasteiger partial charge in [0.1, 0.15) is 10.6 Å². The number of aryl methyl sites for hydroxylation is 1. The van der Waals surface area contributed by atoms with E-state index in [1.54, 1.807) is 73.8 Å². The van der Waals surface area contributed by atoms with Crippen molar-refractivity contribution in [2.24, 2.45) is 5.10 Å². The molecule has 1 aromatic heterocycles. The zero-order valence-corrected chi connectivity index (χ0v) is 26.1. The van der Waals surface area contributed by atoms with E-state index in [2.05, 4.69) is 15.8 Å². The standard InChI is InChI=1S/C34H28ClN3O6S/c1-4-43-28-18-21(6-16-27(28)44-34(41)23-9-13-25(42-3)14-10-23)19-36-38-32(39)22-7-11-24(12-8-22)37-33(40)31-30(35)26-15-5-20(2)17-29(26)45-31/h5-19H,4H2,1-3H3,(H,37,40)(H,38,39)/b36-19-. The van der Waals surface area contributed by atoms with Crippen LogP contribution in [0.4, 0.5) is 5.69 Å². The van der Waals surface area contributed by atoms with Crippen molar-refractivity contribution >= 4 is 62.7 Å². The number of hydrogen-bond donors (Lipinski definition) is 2. The van der Waals surface area contributed by atoms with Gasteiger partial charge >= 0.3 is 5.97 Å². The number of esters is 1. The molecular weight excluding hydrogens is 614 g/mol. The van der Waals surface area contributed by atoms with E-state index in [1.165, 1.54) is 17.6 Å². The van der Waals surface area contributed by atoms with Crippen LogP contribution < -0.4 is 25.0 Å².